The number of allylic oxidation sites excluding steroid dienone is 5. The summed E-state index contributed by atoms with van der Waals surface area (Å²) < 4.78 is 0. The molecule has 0 aliphatic heterocycles. The summed E-state index contributed by atoms with van der Waals surface area (Å²) in [5.74, 6) is 0.561. The molecule has 96 valence electrons. The number of aromatic hydroxyl groups is 1. The lowest BCUT2D eigenvalue weighted by Crippen LogP contribution is -1.93. The van der Waals surface area contributed by atoms with Crippen LogP contribution in [0.25, 0.3) is 0 Å². The van der Waals surface area contributed by atoms with Gasteiger partial charge in [0.2, 0.25) is 0 Å². The standard InChI is InChI=1S/C17H22O/c1-5-7-13(3)11-14(4)16-12-15(8-6-2)9-10-17(16)18/h5-7,9-12,14,18H,2,8H2,1,3-4H3. The Morgan fingerprint density at radius 2 is 2.17 bits per heavy atom. The van der Waals surface area contributed by atoms with Crippen molar-refractivity contribution >= 4 is 0 Å². The number of hydrogen-bond donors (Lipinski definition) is 1. The fraction of sp³-hybridized carbons (Fsp3) is 0.294. The average Bonchev–Trinajstić information content (AvgIpc) is 2.32. The Morgan fingerprint density at radius 1 is 1.44 bits per heavy atom. The van der Waals surface area contributed by atoms with Crippen molar-refractivity contribution < 1.29 is 5.11 Å². The molecule has 0 aliphatic carbocycles. The smallest absolute Gasteiger partial charge is 0.119 e. The summed E-state index contributed by atoms with van der Waals surface area (Å²) in [6, 6.07) is 5.76. The first-order valence-corrected chi connectivity index (χ1v) is 6.32. The minimum absolute atomic E-state index is 0.200. The van der Waals surface area contributed by atoms with E-state index in [1.54, 1.807) is 6.07 Å². The quantitative estimate of drug-likeness (QED) is 0.583. The van der Waals surface area contributed by atoms with Gasteiger partial charge in [-0.2, -0.15) is 0 Å². The zero-order chi connectivity index (χ0) is 13.5. The second-order valence-electron chi connectivity index (χ2n) is 4.59. The minimum Gasteiger partial charge on any atom is -0.508 e. The molecule has 1 rings (SSSR count). The van der Waals surface area contributed by atoms with Gasteiger partial charge in [0, 0.05) is 11.5 Å². The van der Waals surface area contributed by atoms with Crippen LogP contribution in [0.2, 0.25) is 0 Å². The first-order valence-electron chi connectivity index (χ1n) is 6.32. The highest BCUT2D eigenvalue weighted by atomic mass is 16.3. The van der Waals surface area contributed by atoms with Crippen molar-refractivity contribution in [3.8, 4) is 5.75 Å². The van der Waals surface area contributed by atoms with Crippen LogP contribution in [0, 0.1) is 0 Å². The van der Waals surface area contributed by atoms with Crippen LogP contribution in [0.1, 0.15) is 37.8 Å². The van der Waals surface area contributed by atoms with E-state index >= 15 is 0 Å². The van der Waals surface area contributed by atoms with E-state index in [-0.39, 0.29) is 5.92 Å². The molecular formula is C17H22O. The van der Waals surface area contributed by atoms with Crippen LogP contribution in [0.4, 0.5) is 0 Å². The van der Waals surface area contributed by atoms with Gasteiger partial charge in [-0.1, -0.05) is 48.9 Å². The molecule has 0 aromatic heterocycles. The van der Waals surface area contributed by atoms with Crippen LogP contribution in [-0.2, 0) is 6.42 Å². The molecule has 1 nitrogen and oxygen atoms in total. The van der Waals surface area contributed by atoms with Crippen molar-refractivity contribution in [1.29, 1.82) is 0 Å². The highest BCUT2D eigenvalue weighted by Crippen LogP contribution is 2.28. The van der Waals surface area contributed by atoms with Crippen molar-refractivity contribution in [3.63, 3.8) is 0 Å². The van der Waals surface area contributed by atoms with Gasteiger partial charge in [0.15, 0.2) is 0 Å². The Kier molecular flexibility index (Phi) is 5.44. The van der Waals surface area contributed by atoms with Gasteiger partial charge in [-0.25, -0.2) is 0 Å². The Morgan fingerprint density at radius 3 is 2.78 bits per heavy atom. The predicted octanol–water partition coefficient (Wildman–Crippen LogP) is 4.75. The number of phenols is 1. The second kappa shape index (κ2) is 6.85. The van der Waals surface area contributed by atoms with E-state index < -0.39 is 0 Å². The third-order valence-corrected chi connectivity index (χ3v) is 2.90. The molecule has 1 N–H and O–H groups in total. The van der Waals surface area contributed by atoms with Gasteiger partial charge in [-0.05, 0) is 31.9 Å². The van der Waals surface area contributed by atoms with Crippen LogP contribution in [0.5, 0.6) is 5.75 Å². The Balaban J connectivity index is 3.03. The van der Waals surface area contributed by atoms with Crippen molar-refractivity contribution in [2.75, 3.05) is 0 Å². The molecule has 0 amide bonds. The van der Waals surface area contributed by atoms with Crippen LogP contribution in [0.3, 0.4) is 0 Å². The molecule has 0 saturated carbocycles. The van der Waals surface area contributed by atoms with Gasteiger partial charge < -0.3 is 5.11 Å². The lowest BCUT2D eigenvalue weighted by molar-refractivity contribution is 0.466. The largest absolute Gasteiger partial charge is 0.508 e. The maximum absolute atomic E-state index is 9.94. The molecule has 1 heteroatoms. The molecule has 0 heterocycles. The molecule has 0 spiro atoms. The van der Waals surface area contributed by atoms with Crippen LogP contribution in [0.15, 0.2) is 54.7 Å². The van der Waals surface area contributed by atoms with Gasteiger partial charge in [-0.15, -0.1) is 6.58 Å². The summed E-state index contributed by atoms with van der Waals surface area (Å²) in [6.07, 6.45) is 8.96. The molecule has 1 unspecified atom stereocenters. The summed E-state index contributed by atoms with van der Waals surface area (Å²) in [7, 11) is 0. The third kappa shape index (κ3) is 3.92. The average molecular weight is 242 g/mol. The molecule has 0 fully saturated rings. The molecule has 0 saturated heterocycles. The van der Waals surface area contributed by atoms with Gasteiger partial charge in [-0.3, -0.25) is 0 Å². The maximum atomic E-state index is 9.94. The summed E-state index contributed by atoms with van der Waals surface area (Å²) >= 11 is 0. The Hall–Kier alpha value is -1.76. The first kappa shape index (κ1) is 14.3. The fourth-order valence-electron chi connectivity index (χ4n) is 2.06. The van der Waals surface area contributed by atoms with Crippen LogP contribution < -0.4 is 0 Å². The zero-order valence-electron chi connectivity index (χ0n) is 11.5. The Bertz CT molecular complexity index is 466. The van der Waals surface area contributed by atoms with E-state index in [2.05, 4.69) is 38.6 Å². The second-order valence-corrected chi connectivity index (χ2v) is 4.59. The molecule has 0 bridgehead atoms. The summed E-state index contributed by atoms with van der Waals surface area (Å²) in [4.78, 5) is 0. The van der Waals surface area contributed by atoms with Crippen molar-refractivity contribution in [3.05, 3.63) is 65.8 Å². The van der Waals surface area contributed by atoms with Crippen molar-refractivity contribution in [2.24, 2.45) is 0 Å². The molecule has 0 aliphatic rings. The number of rotatable bonds is 5. The van der Waals surface area contributed by atoms with E-state index in [1.807, 2.05) is 25.1 Å². The van der Waals surface area contributed by atoms with Gasteiger partial charge >= 0.3 is 0 Å². The van der Waals surface area contributed by atoms with Gasteiger partial charge in [0.25, 0.3) is 0 Å². The number of phenolic OH excluding ortho intramolecular Hbond substituents is 1. The molecule has 1 atom stereocenters. The lowest BCUT2D eigenvalue weighted by Gasteiger charge is -2.12. The minimum atomic E-state index is 0.200. The van der Waals surface area contributed by atoms with E-state index in [0.717, 1.165) is 12.0 Å². The topological polar surface area (TPSA) is 20.2 Å². The normalized spacial score (nSPS) is 13.8. The number of benzene rings is 1. The molecule has 1 aromatic rings. The van der Waals surface area contributed by atoms with E-state index in [4.69, 9.17) is 0 Å². The van der Waals surface area contributed by atoms with Crippen molar-refractivity contribution in [1.82, 2.24) is 0 Å². The summed E-state index contributed by atoms with van der Waals surface area (Å²) in [5.41, 5.74) is 3.36. The van der Waals surface area contributed by atoms with Crippen LogP contribution >= 0.6 is 0 Å². The van der Waals surface area contributed by atoms with Gasteiger partial charge in [0.1, 0.15) is 5.75 Å². The van der Waals surface area contributed by atoms with Gasteiger partial charge in [0.05, 0.1) is 0 Å². The SMILES string of the molecule is C=CCc1ccc(O)c(C(C)C=C(C)C=CC)c1. The maximum Gasteiger partial charge on any atom is 0.119 e. The Labute approximate surface area is 110 Å². The first-order chi connectivity index (χ1) is 8.58. The molecular weight excluding hydrogens is 220 g/mol. The third-order valence-electron chi connectivity index (χ3n) is 2.90. The monoisotopic (exact) mass is 242 g/mol. The summed E-state index contributed by atoms with van der Waals surface area (Å²) in [6.45, 7) is 9.91. The highest BCUT2D eigenvalue weighted by molar-refractivity contribution is 5.41. The molecule has 0 radical (unpaired) electrons. The molecule has 1 aromatic carbocycles. The predicted molar refractivity (Wildman–Crippen MR) is 79.0 cm³/mol. The van der Waals surface area contributed by atoms with E-state index in [1.165, 1.54) is 11.1 Å². The van der Waals surface area contributed by atoms with E-state index in [9.17, 15) is 5.11 Å². The number of hydrogen-bond acceptors (Lipinski definition) is 1. The van der Waals surface area contributed by atoms with Crippen LogP contribution in [-0.4, -0.2) is 5.11 Å². The molecule has 18 heavy (non-hydrogen) atoms. The zero-order valence-corrected chi connectivity index (χ0v) is 11.5. The summed E-state index contributed by atoms with van der Waals surface area (Å²) in [5, 5.41) is 9.94. The van der Waals surface area contributed by atoms with E-state index in [0.29, 0.717) is 5.75 Å². The highest BCUT2D eigenvalue weighted by Gasteiger charge is 2.08. The fourth-order valence-corrected chi connectivity index (χ4v) is 2.06. The lowest BCUT2D eigenvalue weighted by atomic mass is 9.95. The van der Waals surface area contributed by atoms with Crippen molar-refractivity contribution in [2.45, 2.75) is 33.1 Å².